The van der Waals surface area contributed by atoms with Crippen molar-refractivity contribution in [2.45, 2.75) is 51.6 Å². The molecule has 4 rings (SSSR count). The number of phenols is 1. The smallest absolute Gasteiger partial charge is 0.280 e. The van der Waals surface area contributed by atoms with Crippen LogP contribution in [-0.4, -0.2) is 27.3 Å². The first-order valence-corrected chi connectivity index (χ1v) is 12.6. The van der Waals surface area contributed by atoms with Crippen molar-refractivity contribution in [3.05, 3.63) is 74.2 Å². The number of amides is 2. The van der Waals surface area contributed by atoms with Gasteiger partial charge in [-0.15, -0.1) is 0 Å². The Balaban J connectivity index is 1.88. The van der Waals surface area contributed by atoms with Gasteiger partial charge in [-0.1, -0.05) is 60.3 Å². The molecule has 2 amide bonds. The van der Waals surface area contributed by atoms with Gasteiger partial charge in [0.15, 0.2) is 5.69 Å². The summed E-state index contributed by atoms with van der Waals surface area (Å²) in [5, 5.41) is 13.0. The summed E-state index contributed by atoms with van der Waals surface area (Å²) < 4.78 is 4.39. The van der Waals surface area contributed by atoms with Gasteiger partial charge in [0.05, 0.1) is 0 Å². The van der Waals surface area contributed by atoms with Gasteiger partial charge in [0, 0.05) is 11.7 Å². The van der Waals surface area contributed by atoms with E-state index in [0.717, 1.165) is 48.3 Å². The summed E-state index contributed by atoms with van der Waals surface area (Å²) >= 11 is 13.4. The van der Waals surface area contributed by atoms with Crippen molar-refractivity contribution in [1.82, 2.24) is 9.69 Å². The number of aryl methyl sites for hydroxylation is 1. The molecule has 2 N–H and O–H groups in total. The van der Waals surface area contributed by atoms with Gasteiger partial charge in [-0.2, -0.15) is 4.37 Å². The number of hydrogen-bond acceptors (Lipinski definition) is 5. The molecule has 0 unspecified atom stereocenters. The maximum absolute atomic E-state index is 14.0. The maximum Gasteiger partial charge on any atom is 0.280 e. The van der Waals surface area contributed by atoms with Gasteiger partial charge in [-0.05, 0) is 73.1 Å². The second-order valence-corrected chi connectivity index (χ2v) is 10.3. The first kappa shape index (κ1) is 24.5. The number of benzene rings is 2. The first-order chi connectivity index (χ1) is 16.3. The van der Waals surface area contributed by atoms with Crippen LogP contribution >= 0.6 is 34.7 Å². The molecule has 9 heteroatoms. The molecule has 1 atom stereocenters. The van der Waals surface area contributed by atoms with Crippen molar-refractivity contribution in [2.24, 2.45) is 0 Å². The minimum absolute atomic E-state index is 0.00461. The van der Waals surface area contributed by atoms with Crippen LogP contribution in [0.2, 0.25) is 9.36 Å². The fraction of sp³-hybridized carbons (Fsp3) is 0.320. The number of anilines is 1. The third kappa shape index (κ3) is 4.92. The topological polar surface area (TPSA) is 82.5 Å². The van der Waals surface area contributed by atoms with Gasteiger partial charge >= 0.3 is 0 Å². The molecule has 6 nitrogen and oxygen atoms in total. The van der Waals surface area contributed by atoms with Gasteiger partial charge in [0.1, 0.15) is 21.2 Å². The van der Waals surface area contributed by atoms with Crippen molar-refractivity contribution >= 4 is 52.2 Å². The molecule has 2 aromatic carbocycles. The predicted molar refractivity (Wildman–Crippen MR) is 136 cm³/mol. The molecule has 1 fully saturated rings. The van der Waals surface area contributed by atoms with Crippen LogP contribution in [0.25, 0.3) is 0 Å². The minimum atomic E-state index is -1.01. The van der Waals surface area contributed by atoms with E-state index in [2.05, 4.69) is 9.69 Å². The Morgan fingerprint density at radius 1 is 1.12 bits per heavy atom. The van der Waals surface area contributed by atoms with Crippen LogP contribution in [0.5, 0.6) is 5.75 Å². The number of phenolic OH excluding ortho intramolecular Hbond substituents is 1. The number of halogens is 2. The molecule has 0 saturated heterocycles. The summed E-state index contributed by atoms with van der Waals surface area (Å²) in [6.07, 6.45) is 3.92. The lowest BCUT2D eigenvalue weighted by Crippen LogP contribution is -2.46. The summed E-state index contributed by atoms with van der Waals surface area (Å²) in [6, 6.07) is 10.9. The van der Waals surface area contributed by atoms with E-state index in [1.807, 2.05) is 26.0 Å². The van der Waals surface area contributed by atoms with Crippen LogP contribution in [-0.2, 0) is 4.79 Å². The monoisotopic (exact) mass is 517 g/mol. The van der Waals surface area contributed by atoms with Crippen molar-refractivity contribution in [3.8, 4) is 5.75 Å². The van der Waals surface area contributed by atoms with Crippen molar-refractivity contribution < 1.29 is 14.7 Å². The second kappa shape index (κ2) is 10.3. The summed E-state index contributed by atoms with van der Waals surface area (Å²) in [7, 11) is 0. The van der Waals surface area contributed by atoms with E-state index in [4.69, 9.17) is 23.2 Å². The van der Waals surface area contributed by atoms with Crippen LogP contribution in [0, 0.1) is 13.8 Å². The highest BCUT2D eigenvalue weighted by atomic mass is 35.5. The molecule has 0 radical (unpaired) electrons. The third-order valence-corrected chi connectivity index (χ3v) is 7.88. The number of hydrogen-bond donors (Lipinski definition) is 2. The Hall–Kier alpha value is -2.61. The van der Waals surface area contributed by atoms with E-state index in [9.17, 15) is 14.7 Å². The van der Waals surface area contributed by atoms with Crippen LogP contribution in [0.1, 0.15) is 58.9 Å². The Labute approximate surface area is 212 Å². The molecule has 0 aliphatic heterocycles. The molecule has 1 saturated carbocycles. The fourth-order valence-electron chi connectivity index (χ4n) is 4.29. The van der Waals surface area contributed by atoms with Crippen molar-refractivity contribution in [2.75, 3.05) is 4.90 Å². The summed E-state index contributed by atoms with van der Waals surface area (Å²) in [4.78, 5) is 29.2. The van der Waals surface area contributed by atoms with Gasteiger partial charge < -0.3 is 10.4 Å². The van der Waals surface area contributed by atoms with Gasteiger partial charge in [-0.25, -0.2) is 0 Å². The zero-order chi connectivity index (χ0) is 24.4. The lowest BCUT2D eigenvalue weighted by atomic mass is 9.99. The van der Waals surface area contributed by atoms with Crippen LogP contribution < -0.4 is 10.2 Å². The van der Waals surface area contributed by atoms with Crippen molar-refractivity contribution in [1.29, 1.82) is 0 Å². The summed E-state index contributed by atoms with van der Waals surface area (Å²) in [5.74, 6) is -0.761. The van der Waals surface area contributed by atoms with Gasteiger partial charge in [0.25, 0.3) is 5.91 Å². The molecule has 3 aromatic rings. The Morgan fingerprint density at radius 2 is 1.79 bits per heavy atom. The molecular formula is C25H25Cl2N3O3S. The van der Waals surface area contributed by atoms with Crippen LogP contribution in [0.15, 0.2) is 42.5 Å². The average molecular weight is 518 g/mol. The summed E-state index contributed by atoms with van der Waals surface area (Å²) in [5.41, 5.74) is 2.95. The standard InChI is InChI=1S/C25H25Cl2N3O3S/c1-14-6-5-9-19(15(14)2)30(25(33)21-20(26)23(27)34-29-21)22(16-10-12-18(31)13-11-16)24(32)28-17-7-3-4-8-17/h5-6,9-13,17,22,31H,3-4,7-8H2,1-2H3,(H,28,32)/t22-/m0/s1. The van der Waals surface area contributed by atoms with E-state index in [1.54, 1.807) is 18.2 Å². The number of nitrogens with one attached hydrogen (secondary N) is 1. The maximum atomic E-state index is 14.0. The molecular weight excluding hydrogens is 493 g/mol. The van der Waals surface area contributed by atoms with E-state index < -0.39 is 11.9 Å². The SMILES string of the molecule is Cc1cccc(N(C(=O)c2nsc(Cl)c2Cl)[C@H](C(=O)NC2CCCC2)c2ccc(O)cc2)c1C. The molecule has 0 spiro atoms. The fourth-order valence-corrected chi connectivity index (χ4v) is 5.28. The highest BCUT2D eigenvalue weighted by molar-refractivity contribution is 7.11. The normalized spacial score (nSPS) is 14.7. The minimum Gasteiger partial charge on any atom is -0.508 e. The van der Waals surface area contributed by atoms with Crippen LogP contribution in [0.3, 0.4) is 0 Å². The van der Waals surface area contributed by atoms with Gasteiger partial charge in [-0.3, -0.25) is 14.5 Å². The Morgan fingerprint density at radius 3 is 2.41 bits per heavy atom. The van der Waals surface area contributed by atoms with Crippen molar-refractivity contribution in [3.63, 3.8) is 0 Å². The number of carbonyl (C=O) groups excluding carboxylic acids is 2. The van der Waals surface area contributed by atoms with E-state index in [-0.39, 0.29) is 32.8 Å². The van der Waals surface area contributed by atoms with E-state index >= 15 is 0 Å². The van der Waals surface area contributed by atoms with E-state index in [1.165, 1.54) is 17.0 Å². The molecule has 1 aliphatic rings. The largest absolute Gasteiger partial charge is 0.508 e. The Kier molecular flexibility index (Phi) is 7.45. The average Bonchev–Trinajstić information content (AvgIpc) is 3.44. The number of aromatic hydroxyl groups is 1. The van der Waals surface area contributed by atoms with Crippen LogP contribution in [0.4, 0.5) is 5.69 Å². The number of carbonyl (C=O) groups is 2. The van der Waals surface area contributed by atoms with E-state index in [0.29, 0.717) is 11.3 Å². The first-order valence-electron chi connectivity index (χ1n) is 11.1. The number of aromatic nitrogens is 1. The third-order valence-electron chi connectivity index (χ3n) is 6.27. The highest BCUT2D eigenvalue weighted by Gasteiger charge is 2.37. The lowest BCUT2D eigenvalue weighted by Gasteiger charge is -2.33. The zero-order valence-corrected chi connectivity index (χ0v) is 21.2. The summed E-state index contributed by atoms with van der Waals surface area (Å²) in [6.45, 7) is 3.85. The zero-order valence-electron chi connectivity index (χ0n) is 18.8. The molecule has 1 aromatic heterocycles. The highest BCUT2D eigenvalue weighted by Crippen LogP contribution is 2.37. The Bertz CT molecular complexity index is 1210. The molecule has 0 bridgehead atoms. The molecule has 178 valence electrons. The predicted octanol–water partition coefficient (Wildman–Crippen LogP) is 6.22. The molecule has 1 aliphatic carbocycles. The van der Waals surface area contributed by atoms with Gasteiger partial charge in [0.2, 0.25) is 5.91 Å². The quantitative estimate of drug-likeness (QED) is 0.406. The lowest BCUT2D eigenvalue weighted by molar-refractivity contribution is -0.123. The number of nitrogens with zero attached hydrogens (tertiary/aromatic N) is 2. The number of rotatable bonds is 6. The second-order valence-electron chi connectivity index (χ2n) is 8.50. The molecule has 34 heavy (non-hydrogen) atoms. The molecule has 1 heterocycles.